The molecule has 130 valence electrons. The minimum Gasteiger partial charge on any atom is -0.285 e. The summed E-state index contributed by atoms with van der Waals surface area (Å²) in [5, 5.41) is -0.384. The van der Waals surface area contributed by atoms with Crippen molar-refractivity contribution in [2.45, 2.75) is 9.46 Å². The Balaban J connectivity index is 1.99. The molecule has 1 amide bonds. The average Bonchev–Trinajstić information content (AvgIpc) is 3.15. The topological polar surface area (TPSA) is 66.8 Å². The lowest BCUT2D eigenvalue weighted by atomic mass is 10.1. The number of hydrogen-bond donors (Lipinski definition) is 0. The first-order chi connectivity index (χ1) is 11.9. The number of halogens is 1. The monoisotopic (exact) mass is 412 g/mol. The highest BCUT2D eigenvalue weighted by Gasteiger charge is 2.39. The molecule has 0 bridgehead atoms. The molecule has 0 radical (unpaired) electrons. The highest BCUT2D eigenvalue weighted by Crippen LogP contribution is 2.40. The minimum absolute atomic E-state index is 0.0414. The summed E-state index contributed by atoms with van der Waals surface area (Å²) in [6.07, 6.45) is 1.54. The third kappa shape index (κ3) is 3.82. The van der Waals surface area contributed by atoms with Gasteiger partial charge in [0, 0.05) is 6.54 Å². The van der Waals surface area contributed by atoms with E-state index in [2.05, 4.69) is 11.0 Å². The predicted molar refractivity (Wildman–Crippen MR) is 103 cm³/mol. The second kappa shape index (κ2) is 7.33. The van der Waals surface area contributed by atoms with Crippen LogP contribution < -0.4 is 0 Å². The van der Waals surface area contributed by atoms with Crippen LogP contribution in [0.4, 0.5) is 0 Å². The van der Waals surface area contributed by atoms with Crippen LogP contribution in [-0.2, 0) is 14.8 Å². The second-order valence-electron chi connectivity index (χ2n) is 5.05. The molecule has 0 aliphatic carbocycles. The van der Waals surface area contributed by atoms with Crippen LogP contribution >= 0.6 is 34.7 Å². The van der Waals surface area contributed by atoms with Gasteiger partial charge in [0.25, 0.3) is 10.0 Å². The molecule has 1 aromatic heterocycles. The largest absolute Gasteiger partial charge is 0.294 e. The zero-order valence-electron chi connectivity index (χ0n) is 12.8. The van der Waals surface area contributed by atoms with Crippen molar-refractivity contribution in [3.63, 3.8) is 0 Å². The minimum atomic E-state index is -3.93. The molecule has 1 unspecified atom stereocenters. The molecule has 2 aromatic rings. The quantitative estimate of drug-likeness (QED) is 0.697. The fourth-order valence-electron chi connectivity index (χ4n) is 2.25. The SMILES string of the molecule is C=CCN1C(=O)C(c2ccccc2)SC1=NS(=O)(=O)c1ccc(Cl)s1. The van der Waals surface area contributed by atoms with Crippen LogP contribution in [0.3, 0.4) is 0 Å². The Morgan fingerprint density at radius 1 is 1.24 bits per heavy atom. The van der Waals surface area contributed by atoms with Gasteiger partial charge in [-0.25, -0.2) is 0 Å². The van der Waals surface area contributed by atoms with Gasteiger partial charge < -0.3 is 0 Å². The van der Waals surface area contributed by atoms with Crippen molar-refractivity contribution in [3.05, 3.63) is 65.0 Å². The van der Waals surface area contributed by atoms with E-state index in [9.17, 15) is 13.2 Å². The average molecular weight is 413 g/mol. The molecule has 5 nitrogen and oxygen atoms in total. The maximum absolute atomic E-state index is 12.7. The first kappa shape index (κ1) is 18.2. The first-order valence-corrected chi connectivity index (χ1v) is 10.7. The molecule has 0 N–H and O–H groups in total. The van der Waals surface area contributed by atoms with E-state index in [4.69, 9.17) is 11.6 Å². The van der Waals surface area contributed by atoms with Crippen molar-refractivity contribution >= 4 is 55.8 Å². The van der Waals surface area contributed by atoms with E-state index in [1.54, 1.807) is 0 Å². The van der Waals surface area contributed by atoms with E-state index < -0.39 is 15.3 Å². The van der Waals surface area contributed by atoms with E-state index in [-0.39, 0.29) is 21.8 Å². The molecule has 1 saturated heterocycles. The smallest absolute Gasteiger partial charge is 0.285 e. The Kier molecular flexibility index (Phi) is 5.33. The number of sulfonamides is 1. The zero-order valence-corrected chi connectivity index (χ0v) is 16.0. The lowest BCUT2D eigenvalue weighted by Gasteiger charge is -2.13. The molecule has 2 heterocycles. The Labute approximate surface area is 159 Å². The maximum atomic E-state index is 12.7. The summed E-state index contributed by atoms with van der Waals surface area (Å²) in [5.74, 6) is -0.214. The van der Waals surface area contributed by atoms with Gasteiger partial charge >= 0.3 is 0 Å². The fraction of sp³-hybridized carbons (Fsp3) is 0.125. The Bertz CT molecular complexity index is 939. The molecule has 9 heteroatoms. The zero-order chi connectivity index (χ0) is 18.0. The normalized spacial score (nSPS) is 19.6. The van der Waals surface area contributed by atoms with E-state index >= 15 is 0 Å². The number of thioether (sulfide) groups is 1. The van der Waals surface area contributed by atoms with Gasteiger partial charge in [0.1, 0.15) is 9.46 Å². The molecule has 1 aliphatic heterocycles. The van der Waals surface area contributed by atoms with Crippen molar-refractivity contribution in [1.82, 2.24) is 4.90 Å². The van der Waals surface area contributed by atoms with Gasteiger partial charge in [-0.1, -0.05) is 59.8 Å². The molecule has 1 fully saturated rings. The summed E-state index contributed by atoms with van der Waals surface area (Å²) in [6, 6.07) is 12.1. The molecule has 0 spiro atoms. The van der Waals surface area contributed by atoms with Gasteiger partial charge in [-0.15, -0.1) is 22.3 Å². The van der Waals surface area contributed by atoms with Crippen LogP contribution in [-0.4, -0.2) is 30.9 Å². The fourth-order valence-corrected chi connectivity index (χ4v) is 6.09. The summed E-state index contributed by atoms with van der Waals surface area (Å²) in [5.41, 5.74) is 0.799. The van der Waals surface area contributed by atoms with Gasteiger partial charge in [0.05, 0.1) is 4.34 Å². The van der Waals surface area contributed by atoms with Crippen molar-refractivity contribution < 1.29 is 13.2 Å². The van der Waals surface area contributed by atoms with Crippen molar-refractivity contribution in [3.8, 4) is 0 Å². The van der Waals surface area contributed by atoms with Gasteiger partial charge in [-0.3, -0.25) is 9.69 Å². The van der Waals surface area contributed by atoms with Crippen LogP contribution in [0, 0.1) is 0 Å². The Morgan fingerprint density at radius 3 is 2.56 bits per heavy atom. The molecule has 25 heavy (non-hydrogen) atoms. The number of benzene rings is 1. The molecular weight excluding hydrogens is 400 g/mol. The van der Waals surface area contributed by atoms with Crippen LogP contribution in [0.15, 0.2) is 63.7 Å². The van der Waals surface area contributed by atoms with Crippen molar-refractivity contribution in [2.24, 2.45) is 4.40 Å². The number of amidine groups is 1. The van der Waals surface area contributed by atoms with E-state index in [0.29, 0.717) is 4.34 Å². The molecule has 3 rings (SSSR count). The predicted octanol–water partition coefficient (Wildman–Crippen LogP) is 3.95. The second-order valence-corrected chi connectivity index (χ2v) is 9.67. The van der Waals surface area contributed by atoms with Gasteiger partial charge in [0.2, 0.25) is 5.91 Å². The van der Waals surface area contributed by atoms with Gasteiger partial charge in [-0.2, -0.15) is 8.42 Å². The molecule has 1 atom stereocenters. The molecule has 1 aromatic carbocycles. The number of rotatable bonds is 5. The number of carbonyl (C=O) groups excluding carboxylic acids is 1. The number of carbonyl (C=O) groups is 1. The molecular formula is C16H13ClN2O3S3. The number of amides is 1. The van der Waals surface area contributed by atoms with E-state index in [1.807, 2.05) is 30.3 Å². The van der Waals surface area contributed by atoms with Crippen molar-refractivity contribution in [1.29, 1.82) is 0 Å². The highest BCUT2D eigenvalue weighted by atomic mass is 35.5. The van der Waals surface area contributed by atoms with Gasteiger partial charge in [0.15, 0.2) is 5.17 Å². The number of thiophene rings is 1. The third-order valence-electron chi connectivity index (χ3n) is 3.36. The summed E-state index contributed by atoms with van der Waals surface area (Å²) >= 11 is 7.86. The lowest BCUT2D eigenvalue weighted by molar-refractivity contribution is -0.125. The van der Waals surface area contributed by atoms with E-state index in [0.717, 1.165) is 28.7 Å². The van der Waals surface area contributed by atoms with Crippen LogP contribution in [0.1, 0.15) is 10.8 Å². The molecule has 1 aliphatic rings. The van der Waals surface area contributed by atoms with Crippen LogP contribution in [0.2, 0.25) is 4.34 Å². The van der Waals surface area contributed by atoms with Crippen LogP contribution in [0.25, 0.3) is 0 Å². The lowest BCUT2D eigenvalue weighted by Crippen LogP contribution is -2.30. The standard InChI is InChI=1S/C16H13ClN2O3S3/c1-2-10-19-15(20)14(11-6-4-3-5-7-11)24-16(19)18-25(21,22)13-9-8-12(17)23-13/h2-9,14H,1,10H2. The number of hydrogen-bond acceptors (Lipinski definition) is 5. The summed E-state index contributed by atoms with van der Waals surface area (Å²) in [7, 11) is -3.93. The molecule has 0 saturated carbocycles. The maximum Gasteiger partial charge on any atom is 0.294 e. The summed E-state index contributed by atoms with van der Waals surface area (Å²) < 4.78 is 29.3. The van der Waals surface area contributed by atoms with E-state index in [1.165, 1.54) is 23.1 Å². The third-order valence-corrected chi connectivity index (χ3v) is 7.67. The Hall–Kier alpha value is -1.61. The van der Waals surface area contributed by atoms with Gasteiger partial charge in [-0.05, 0) is 17.7 Å². The summed E-state index contributed by atoms with van der Waals surface area (Å²) in [6.45, 7) is 3.82. The van der Waals surface area contributed by atoms with Crippen molar-refractivity contribution in [2.75, 3.05) is 6.54 Å². The summed E-state index contributed by atoms with van der Waals surface area (Å²) in [4.78, 5) is 14.0. The first-order valence-electron chi connectivity index (χ1n) is 7.16. The highest BCUT2D eigenvalue weighted by molar-refractivity contribution is 8.15. The number of nitrogens with zero attached hydrogens (tertiary/aromatic N) is 2. The van der Waals surface area contributed by atoms with Crippen LogP contribution in [0.5, 0.6) is 0 Å². The Morgan fingerprint density at radius 2 is 1.96 bits per heavy atom.